The number of carbonyl (C=O) groups is 1. The van der Waals surface area contributed by atoms with E-state index in [0.29, 0.717) is 0 Å². The van der Waals surface area contributed by atoms with Gasteiger partial charge < -0.3 is 4.74 Å². The zero-order valence-electron chi connectivity index (χ0n) is 7.40. The number of hydrogen-bond acceptors (Lipinski definition) is 3. The second kappa shape index (κ2) is 3.35. The maximum atomic E-state index is 12.2. The van der Waals surface area contributed by atoms with E-state index in [4.69, 9.17) is 0 Å². The van der Waals surface area contributed by atoms with E-state index in [1.54, 1.807) is 0 Å². The number of aromatic nitrogens is 2. The molecule has 0 aliphatic heterocycles. The Morgan fingerprint density at radius 1 is 1.57 bits per heavy atom. The monoisotopic (exact) mass is 206 g/mol. The normalized spacial score (nSPS) is 11.4. The number of hydrogen-bond donors (Lipinski definition) is 1. The highest BCUT2D eigenvalue weighted by molar-refractivity contribution is 6.36. The lowest BCUT2D eigenvalue weighted by molar-refractivity contribution is -0.140. The average molecular weight is 206 g/mol. The summed E-state index contributed by atoms with van der Waals surface area (Å²) in [5.41, 5.74) is -1.64. The topological polar surface area (TPSA) is 55.0 Å². The van der Waals surface area contributed by atoms with Crippen LogP contribution in [0.25, 0.3) is 0 Å². The molecule has 14 heavy (non-hydrogen) atoms. The molecular formula is C6H6BF3N2O2. The van der Waals surface area contributed by atoms with Crippen molar-refractivity contribution in [3.8, 4) is 0 Å². The Kier molecular flexibility index (Phi) is 2.54. The minimum atomic E-state index is -4.56. The highest BCUT2D eigenvalue weighted by Crippen LogP contribution is 2.26. The summed E-state index contributed by atoms with van der Waals surface area (Å²) in [6.45, 7) is 0. The second-order valence-electron chi connectivity index (χ2n) is 2.56. The Bertz CT molecular complexity index is 360. The minimum Gasteiger partial charge on any atom is -0.464 e. The van der Waals surface area contributed by atoms with E-state index in [1.165, 1.54) is 0 Å². The van der Waals surface area contributed by atoms with Crippen LogP contribution in [0.1, 0.15) is 16.2 Å². The lowest BCUT2D eigenvalue weighted by Gasteiger charge is -2.02. The summed E-state index contributed by atoms with van der Waals surface area (Å²) in [6.07, 6.45) is -4.56. The first-order chi connectivity index (χ1) is 6.38. The van der Waals surface area contributed by atoms with Gasteiger partial charge in [0.2, 0.25) is 0 Å². The lowest BCUT2D eigenvalue weighted by Crippen LogP contribution is -2.23. The van der Waals surface area contributed by atoms with E-state index in [0.717, 1.165) is 15.0 Å². The SMILES string of the molecule is Bc1c(C(F)(F)F)n[nH]c1C(=O)OC. The number of ether oxygens (including phenoxy) is 1. The third-order valence-corrected chi connectivity index (χ3v) is 1.67. The molecule has 1 aromatic heterocycles. The van der Waals surface area contributed by atoms with Crippen LogP contribution in [-0.4, -0.2) is 31.1 Å². The number of aromatic amines is 1. The minimum absolute atomic E-state index is 0.260. The van der Waals surface area contributed by atoms with Crippen LogP contribution in [0.2, 0.25) is 0 Å². The van der Waals surface area contributed by atoms with Gasteiger partial charge in [-0.2, -0.15) is 18.3 Å². The molecular weight excluding hydrogens is 200 g/mol. The van der Waals surface area contributed by atoms with Crippen molar-refractivity contribution in [2.75, 3.05) is 7.11 Å². The van der Waals surface area contributed by atoms with Crippen molar-refractivity contribution in [1.82, 2.24) is 10.2 Å². The highest BCUT2D eigenvalue weighted by Gasteiger charge is 2.37. The Morgan fingerprint density at radius 2 is 2.14 bits per heavy atom. The van der Waals surface area contributed by atoms with Gasteiger partial charge in [0.15, 0.2) is 5.69 Å². The smallest absolute Gasteiger partial charge is 0.434 e. The van der Waals surface area contributed by atoms with Crippen LogP contribution in [0.15, 0.2) is 0 Å². The lowest BCUT2D eigenvalue weighted by atomic mass is 9.93. The number of rotatable bonds is 1. The van der Waals surface area contributed by atoms with Gasteiger partial charge in [-0.3, -0.25) is 5.10 Å². The first-order valence-corrected chi connectivity index (χ1v) is 3.58. The van der Waals surface area contributed by atoms with Crippen LogP contribution in [0.4, 0.5) is 13.2 Å². The van der Waals surface area contributed by atoms with Crippen molar-refractivity contribution in [3.05, 3.63) is 11.4 Å². The molecule has 0 aliphatic carbocycles. The number of esters is 1. The van der Waals surface area contributed by atoms with E-state index in [9.17, 15) is 18.0 Å². The Balaban J connectivity index is 3.15. The molecule has 1 heterocycles. The largest absolute Gasteiger partial charge is 0.464 e. The third kappa shape index (κ3) is 1.73. The van der Waals surface area contributed by atoms with E-state index in [1.807, 2.05) is 5.10 Å². The molecule has 8 heteroatoms. The average Bonchev–Trinajstić information content (AvgIpc) is 2.45. The van der Waals surface area contributed by atoms with Gasteiger partial charge >= 0.3 is 12.1 Å². The van der Waals surface area contributed by atoms with Crippen LogP contribution in [0.3, 0.4) is 0 Å². The zero-order chi connectivity index (χ0) is 10.9. The fraction of sp³-hybridized carbons (Fsp3) is 0.333. The van der Waals surface area contributed by atoms with Gasteiger partial charge in [-0.1, -0.05) is 0 Å². The molecule has 0 spiro atoms. The molecule has 0 atom stereocenters. The van der Waals surface area contributed by atoms with Crippen molar-refractivity contribution in [2.45, 2.75) is 6.18 Å². The third-order valence-electron chi connectivity index (χ3n) is 1.67. The van der Waals surface area contributed by atoms with Gasteiger partial charge in [0.1, 0.15) is 13.5 Å². The fourth-order valence-electron chi connectivity index (χ4n) is 0.975. The maximum absolute atomic E-state index is 12.2. The number of nitrogens with one attached hydrogen (secondary N) is 1. The quantitative estimate of drug-likeness (QED) is 0.496. The van der Waals surface area contributed by atoms with Gasteiger partial charge in [0.25, 0.3) is 0 Å². The molecule has 76 valence electrons. The van der Waals surface area contributed by atoms with E-state index < -0.39 is 17.8 Å². The van der Waals surface area contributed by atoms with Crippen molar-refractivity contribution in [3.63, 3.8) is 0 Å². The van der Waals surface area contributed by atoms with Crippen molar-refractivity contribution in [2.24, 2.45) is 0 Å². The summed E-state index contributed by atoms with van der Waals surface area (Å²) in [7, 11) is 2.23. The van der Waals surface area contributed by atoms with E-state index in [2.05, 4.69) is 9.84 Å². The van der Waals surface area contributed by atoms with Crippen LogP contribution < -0.4 is 5.46 Å². The first kappa shape index (κ1) is 10.6. The molecule has 0 saturated heterocycles. The Morgan fingerprint density at radius 3 is 2.50 bits per heavy atom. The Hall–Kier alpha value is -1.47. The summed E-state index contributed by atoms with van der Waals surface area (Å²) in [6, 6.07) is 0. The van der Waals surface area contributed by atoms with E-state index >= 15 is 0 Å². The second-order valence-corrected chi connectivity index (χ2v) is 2.56. The highest BCUT2D eigenvalue weighted by atomic mass is 19.4. The van der Waals surface area contributed by atoms with Crippen LogP contribution in [0.5, 0.6) is 0 Å². The number of H-pyrrole nitrogens is 1. The molecule has 0 aliphatic rings. The molecule has 0 saturated carbocycles. The van der Waals surface area contributed by atoms with Gasteiger partial charge in [0, 0.05) is 0 Å². The van der Waals surface area contributed by atoms with Gasteiger partial charge in [0.05, 0.1) is 7.11 Å². The molecule has 1 aromatic rings. The molecule has 0 unspecified atom stereocenters. The molecule has 0 fully saturated rings. The number of nitrogens with zero attached hydrogens (tertiary/aromatic N) is 1. The Labute approximate surface area is 77.8 Å². The van der Waals surface area contributed by atoms with E-state index in [-0.39, 0.29) is 11.2 Å². The van der Waals surface area contributed by atoms with Crippen molar-refractivity contribution >= 4 is 19.3 Å². The molecule has 0 aromatic carbocycles. The fourth-order valence-corrected chi connectivity index (χ4v) is 0.975. The van der Waals surface area contributed by atoms with Crippen molar-refractivity contribution < 1.29 is 22.7 Å². The maximum Gasteiger partial charge on any atom is 0.434 e. The molecule has 0 bridgehead atoms. The zero-order valence-corrected chi connectivity index (χ0v) is 7.40. The summed E-state index contributed by atoms with van der Waals surface area (Å²) in [5, 5.41) is 4.99. The van der Waals surface area contributed by atoms with Gasteiger partial charge in [-0.05, 0) is 5.46 Å². The molecule has 1 rings (SSSR count). The molecule has 0 amide bonds. The first-order valence-electron chi connectivity index (χ1n) is 3.58. The predicted octanol–water partition coefficient (Wildman–Crippen LogP) is -0.527. The van der Waals surface area contributed by atoms with Gasteiger partial charge in [-0.15, -0.1) is 0 Å². The number of methoxy groups -OCH3 is 1. The summed E-state index contributed by atoms with van der Waals surface area (Å²) < 4.78 is 40.8. The summed E-state index contributed by atoms with van der Waals surface area (Å²) >= 11 is 0. The number of halogens is 3. The van der Waals surface area contributed by atoms with Crippen molar-refractivity contribution in [1.29, 1.82) is 0 Å². The summed E-state index contributed by atoms with van der Waals surface area (Å²) in [5.74, 6) is -0.870. The van der Waals surface area contributed by atoms with Crippen LogP contribution in [-0.2, 0) is 10.9 Å². The molecule has 4 nitrogen and oxygen atoms in total. The number of carbonyl (C=O) groups excluding carboxylic acids is 1. The number of alkyl halides is 3. The summed E-state index contributed by atoms with van der Waals surface area (Å²) in [4.78, 5) is 10.9. The van der Waals surface area contributed by atoms with Crippen LogP contribution in [0, 0.1) is 0 Å². The molecule has 0 radical (unpaired) electrons. The standard InChI is InChI=1S/C6H6BF3N2O2/c1-14-5(13)3-2(7)4(12-11-3)6(8,9)10/h7H2,1H3,(H,11,12). The van der Waals surface area contributed by atoms with Crippen LogP contribution >= 0.6 is 0 Å². The predicted molar refractivity (Wildman–Crippen MR) is 43.1 cm³/mol. The molecule has 1 N–H and O–H groups in total. The van der Waals surface area contributed by atoms with Gasteiger partial charge in [-0.25, -0.2) is 4.79 Å².